The molecule has 3 aliphatic heterocycles. The molecule has 2 fully saturated rings. The number of nitrogens with one attached hydrogen (secondary N) is 2. The van der Waals surface area contributed by atoms with E-state index < -0.39 is 17.8 Å². The number of benzene rings is 1. The van der Waals surface area contributed by atoms with Crippen molar-refractivity contribution in [3.63, 3.8) is 0 Å². The fourth-order valence-corrected chi connectivity index (χ4v) is 4.67. The molecule has 1 atom stereocenters. The van der Waals surface area contributed by atoms with Crippen molar-refractivity contribution in [3.8, 4) is 0 Å². The normalized spacial score (nSPS) is 22.1. The van der Waals surface area contributed by atoms with Crippen LogP contribution >= 0.6 is 0 Å². The Hall–Kier alpha value is -3.20. The summed E-state index contributed by atoms with van der Waals surface area (Å²) in [4.78, 5) is 45.4. The molecule has 2 aromatic rings. The number of anilines is 1. The zero-order valence-corrected chi connectivity index (χ0v) is 17.1. The molecular weight excluding hydrogens is 401 g/mol. The zero-order valence-electron chi connectivity index (χ0n) is 17.1. The molecule has 1 aromatic carbocycles. The minimum Gasteiger partial charge on any atom is -0.367 e. The van der Waals surface area contributed by atoms with E-state index in [0.717, 1.165) is 30.9 Å². The van der Waals surface area contributed by atoms with Crippen LogP contribution in [0.1, 0.15) is 34.5 Å². The van der Waals surface area contributed by atoms with E-state index in [1.165, 1.54) is 11.0 Å². The third kappa shape index (κ3) is 3.69. The minimum atomic E-state index is -0.694. The molecular formula is C22H24FN5O3. The molecule has 9 heteroatoms. The van der Waals surface area contributed by atoms with Gasteiger partial charge in [-0.15, -0.1) is 0 Å². The quantitative estimate of drug-likeness (QED) is 0.720. The van der Waals surface area contributed by atoms with E-state index in [1.54, 1.807) is 6.07 Å². The van der Waals surface area contributed by atoms with E-state index in [9.17, 15) is 18.8 Å². The lowest BCUT2D eigenvalue weighted by Gasteiger charge is -2.36. The number of carbonyl (C=O) groups is 3. The number of fused-ring (bicyclic) bond motifs is 1. The van der Waals surface area contributed by atoms with E-state index >= 15 is 0 Å². The Morgan fingerprint density at radius 3 is 2.61 bits per heavy atom. The number of aromatic amines is 1. The van der Waals surface area contributed by atoms with Gasteiger partial charge in [0.1, 0.15) is 11.9 Å². The van der Waals surface area contributed by atoms with Crippen LogP contribution in [-0.2, 0) is 22.7 Å². The molecule has 5 rings (SSSR count). The van der Waals surface area contributed by atoms with Gasteiger partial charge in [0.2, 0.25) is 11.8 Å². The lowest BCUT2D eigenvalue weighted by molar-refractivity contribution is -0.136. The van der Waals surface area contributed by atoms with Gasteiger partial charge in [-0.1, -0.05) is 0 Å². The number of piperidine rings is 1. The number of imide groups is 1. The molecule has 2 N–H and O–H groups in total. The van der Waals surface area contributed by atoms with Crippen LogP contribution in [-0.4, -0.2) is 64.7 Å². The number of H-pyrrole nitrogens is 1. The molecule has 1 unspecified atom stereocenters. The molecule has 2 saturated heterocycles. The number of hydrogen-bond acceptors (Lipinski definition) is 5. The highest BCUT2D eigenvalue weighted by Crippen LogP contribution is 2.33. The fourth-order valence-electron chi connectivity index (χ4n) is 4.67. The maximum Gasteiger partial charge on any atom is 0.255 e. The summed E-state index contributed by atoms with van der Waals surface area (Å²) in [7, 11) is 0. The first kappa shape index (κ1) is 19.7. The Morgan fingerprint density at radius 2 is 1.90 bits per heavy atom. The first-order chi connectivity index (χ1) is 15.0. The van der Waals surface area contributed by atoms with Crippen molar-refractivity contribution in [2.24, 2.45) is 0 Å². The molecule has 31 heavy (non-hydrogen) atoms. The summed E-state index contributed by atoms with van der Waals surface area (Å²) in [6.45, 7) is 4.11. The highest BCUT2D eigenvalue weighted by Gasteiger charge is 2.39. The predicted octanol–water partition coefficient (Wildman–Crippen LogP) is 1.24. The standard InChI is InChI=1S/C22H24FN5O3/c23-17-11-16-14(12-28(22(16)31)18-3-4-20(29)25-21(18)30)10-19(17)27-8-6-26(7-9-27)13-15-2-1-5-24-15/h1-2,5,10-11,18,24H,3-4,6-9,12-13H2,(H,25,29,30). The molecule has 1 aromatic heterocycles. The van der Waals surface area contributed by atoms with Crippen LogP contribution in [0.5, 0.6) is 0 Å². The summed E-state index contributed by atoms with van der Waals surface area (Å²) < 4.78 is 14.9. The molecule has 0 radical (unpaired) electrons. The van der Waals surface area contributed by atoms with Crippen LogP contribution < -0.4 is 10.2 Å². The molecule has 0 aliphatic carbocycles. The van der Waals surface area contributed by atoms with Crippen LogP contribution in [0.3, 0.4) is 0 Å². The average Bonchev–Trinajstić information content (AvgIpc) is 3.37. The number of piperazine rings is 1. The van der Waals surface area contributed by atoms with Crippen molar-refractivity contribution in [2.75, 3.05) is 31.1 Å². The second kappa shape index (κ2) is 7.81. The fraction of sp³-hybridized carbons (Fsp3) is 0.409. The number of hydrogen-bond donors (Lipinski definition) is 2. The summed E-state index contributed by atoms with van der Waals surface area (Å²) in [5.74, 6) is -1.56. The van der Waals surface area contributed by atoms with E-state index in [2.05, 4.69) is 21.3 Å². The van der Waals surface area contributed by atoms with E-state index in [-0.39, 0.29) is 24.8 Å². The van der Waals surface area contributed by atoms with Gasteiger partial charge < -0.3 is 14.8 Å². The second-order valence-electron chi connectivity index (χ2n) is 8.32. The number of amides is 3. The molecule has 0 bridgehead atoms. The van der Waals surface area contributed by atoms with Gasteiger partial charge in [-0.3, -0.25) is 24.6 Å². The number of halogens is 1. The molecule has 0 saturated carbocycles. The van der Waals surface area contributed by atoms with Crippen molar-refractivity contribution in [1.29, 1.82) is 0 Å². The SMILES string of the molecule is O=C1CCC(N2Cc3cc(N4CCN(Cc5ccc[nH]5)CC4)c(F)cc3C2=O)C(=O)N1. The Bertz CT molecular complexity index is 1030. The number of aromatic nitrogens is 1. The second-order valence-corrected chi connectivity index (χ2v) is 8.32. The number of carbonyl (C=O) groups excluding carboxylic acids is 3. The summed E-state index contributed by atoms with van der Waals surface area (Å²) in [6.07, 6.45) is 2.40. The third-order valence-electron chi connectivity index (χ3n) is 6.36. The Labute approximate surface area is 179 Å². The Kier molecular flexibility index (Phi) is 4.97. The van der Waals surface area contributed by atoms with Gasteiger partial charge in [-0.05, 0) is 36.2 Å². The smallest absolute Gasteiger partial charge is 0.255 e. The van der Waals surface area contributed by atoms with E-state index in [0.29, 0.717) is 30.8 Å². The van der Waals surface area contributed by atoms with Gasteiger partial charge in [-0.2, -0.15) is 0 Å². The first-order valence-electron chi connectivity index (χ1n) is 10.6. The van der Waals surface area contributed by atoms with Gasteiger partial charge in [-0.25, -0.2) is 4.39 Å². The third-order valence-corrected chi connectivity index (χ3v) is 6.36. The van der Waals surface area contributed by atoms with Crippen LogP contribution in [0.2, 0.25) is 0 Å². The van der Waals surface area contributed by atoms with Crippen molar-refractivity contribution in [1.82, 2.24) is 20.1 Å². The highest BCUT2D eigenvalue weighted by molar-refractivity contribution is 6.05. The summed E-state index contributed by atoms with van der Waals surface area (Å²) in [6, 6.07) is 6.38. The monoisotopic (exact) mass is 425 g/mol. The minimum absolute atomic E-state index is 0.197. The van der Waals surface area contributed by atoms with E-state index in [4.69, 9.17) is 0 Å². The molecule has 162 valence electrons. The molecule has 0 spiro atoms. The first-order valence-corrected chi connectivity index (χ1v) is 10.6. The van der Waals surface area contributed by atoms with Gasteiger partial charge in [0.25, 0.3) is 5.91 Å². The Balaban J connectivity index is 1.29. The topological polar surface area (TPSA) is 88.8 Å². The van der Waals surface area contributed by atoms with Gasteiger partial charge in [0.05, 0.1) is 5.69 Å². The van der Waals surface area contributed by atoms with Gasteiger partial charge in [0.15, 0.2) is 0 Å². The van der Waals surface area contributed by atoms with Crippen molar-refractivity contribution in [2.45, 2.75) is 32.0 Å². The Morgan fingerprint density at radius 1 is 1.10 bits per heavy atom. The van der Waals surface area contributed by atoms with E-state index in [1.807, 2.05) is 17.2 Å². The maximum atomic E-state index is 14.9. The van der Waals surface area contributed by atoms with Crippen LogP contribution in [0, 0.1) is 5.82 Å². The van der Waals surface area contributed by atoms with Crippen LogP contribution in [0.4, 0.5) is 10.1 Å². The number of rotatable bonds is 4. The predicted molar refractivity (Wildman–Crippen MR) is 111 cm³/mol. The molecule has 8 nitrogen and oxygen atoms in total. The van der Waals surface area contributed by atoms with Crippen LogP contribution in [0.15, 0.2) is 30.5 Å². The van der Waals surface area contributed by atoms with Gasteiger partial charge in [0, 0.05) is 63.1 Å². The average molecular weight is 425 g/mol. The van der Waals surface area contributed by atoms with Crippen molar-refractivity contribution in [3.05, 3.63) is 53.1 Å². The summed E-state index contributed by atoms with van der Waals surface area (Å²) in [5, 5.41) is 2.29. The van der Waals surface area contributed by atoms with Crippen LogP contribution in [0.25, 0.3) is 0 Å². The highest BCUT2D eigenvalue weighted by atomic mass is 19.1. The number of nitrogens with zero attached hydrogens (tertiary/aromatic N) is 3. The maximum absolute atomic E-state index is 14.9. The molecule has 3 aliphatic rings. The summed E-state index contributed by atoms with van der Waals surface area (Å²) in [5.41, 5.74) is 2.68. The zero-order chi connectivity index (χ0) is 21.5. The molecule has 3 amide bonds. The van der Waals surface area contributed by atoms with Crippen molar-refractivity contribution < 1.29 is 18.8 Å². The lowest BCUT2D eigenvalue weighted by atomic mass is 10.0. The lowest BCUT2D eigenvalue weighted by Crippen LogP contribution is -2.52. The van der Waals surface area contributed by atoms with Gasteiger partial charge >= 0.3 is 0 Å². The largest absolute Gasteiger partial charge is 0.367 e. The summed E-state index contributed by atoms with van der Waals surface area (Å²) >= 11 is 0. The molecule has 4 heterocycles. The van der Waals surface area contributed by atoms with Crippen molar-refractivity contribution >= 4 is 23.4 Å².